The quantitative estimate of drug-likeness (QED) is 0.754. The van der Waals surface area contributed by atoms with E-state index in [2.05, 4.69) is 36.5 Å². The first-order chi connectivity index (χ1) is 8.36. The number of hydrogen-bond acceptors (Lipinski definition) is 1. The molecular formula is C16H25N. The Kier molecular flexibility index (Phi) is 5.06. The number of nitrogens with one attached hydrogen (secondary N) is 1. The molecule has 2 rings (SSSR count). The molecule has 0 radical (unpaired) electrons. The van der Waals surface area contributed by atoms with E-state index in [1.807, 2.05) is 0 Å². The zero-order valence-electron chi connectivity index (χ0n) is 11.0. The summed E-state index contributed by atoms with van der Waals surface area (Å²) >= 11 is 0. The lowest BCUT2D eigenvalue weighted by Crippen LogP contribution is -2.19. The maximum atomic E-state index is 3.59. The lowest BCUT2D eigenvalue weighted by atomic mass is 9.87. The molecule has 0 aliphatic heterocycles. The Morgan fingerprint density at radius 2 is 1.88 bits per heavy atom. The van der Waals surface area contributed by atoms with Crippen molar-refractivity contribution in [3.63, 3.8) is 0 Å². The van der Waals surface area contributed by atoms with Crippen molar-refractivity contribution in [2.45, 2.75) is 52.0 Å². The van der Waals surface area contributed by atoms with Gasteiger partial charge in [-0.3, -0.25) is 0 Å². The summed E-state index contributed by atoms with van der Waals surface area (Å²) in [5, 5.41) is 3.59. The summed E-state index contributed by atoms with van der Waals surface area (Å²) in [5.41, 5.74) is 2.84. The predicted molar refractivity (Wildman–Crippen MR) is 74.1 cm³/mol. The van der Waals surface area contributed by atoms with Crippen LogP contribution in [-0.4, -0.2) is 6.54 Å². The van der Waals surface area contributed by atoms with E-state index < -0.39 is 0 Å². The predicted octanol–water partition coefficient (Wildman–Crippen LogP) is 4.06. The average molecular weight is 231 g/mol. The summed E-state index contributed by atoms with van der Waals surface area (Å²) in [5.74, 6) is 0.994. The minimum absolute atomic E-state index is 0.994. The third kappa shape index (κ3) is 4.16. The van der Waals surface area contributed by atoms with Crippen LogP contribution in [0.4, 0.5) is 0 Å². The van der Waals surface area contributed by atoms with E-state index in [0.717, 1.165) is 12.5 Å². The monoisotopic (exact) mass is 231 g/mol. The van der Waals surface area contributed by atoms with Gasteiger partial charge in [0.25, 0.3) is 0 Å². The minimum atomic E-state index is 0.994. The lowest BCUT2D eigenvalue weighted by Gasteiger charge is -2.21. The highest BCUT2D eigenvalue weighted by molar-refractivity contribution is 5.25. The molecule has 0 amide bonds. The highest BCUT2D eigenvalue weighted by atomic mass is 14.8. The normalized spacial score (nSPS) is 17.2. The van der Waals surface area contributed by atoms with Crippen LogP contribution in [0.15, 0.2) is 24.3 Å². The zero-order chi connectivity index (χ0) is 11.9. The van der Waals surface area contributed by atoms with Gasteiger partial charge in [0, 0.05) is 6.54 Å². The summed E-state index contributed by atoms with van der Waals surface area (Å²) in [6.07, 6.45) is 8.68. The Morgan fingerprint density at radius 3 is 2.65 bits per heavy atom. The van der Waals surface area contributed by atoms with Gasteiger partial charge in [0.2, 0.25) is 0 Å². The molecule has 0 aromatic heterocycles. The van der Waals surface area contributed by atoms with Crippen LogP contribution in [0, 0.1) is 12.8 Å². The van der Waals surface area contributed by atoms with Crippen molar-refractivity contribution in [2.24, 2.45) is 5.92 Å². The molecule has 1 heteroatoms. The van der Waals surface area contributed by atoms with Gasteiger partial charge in [0.05, 0.1) is 0 Å². The lowest BCUT2D eigenvalue weighted by molar-refractivity contribution is 0.334. The number of hydrogen-bond donors (Lipinski definition) is 1. The van der Waals surface area contributed by atoms with Gasteiger partial charge in [-0.2, -0.15) is 0 Å². The molecule has 1 aromatic carbocycles. The average Bonchev–Trinajstić information content (AvgIpc) is 2.38. The summed E-state index contributed by atoms with van der Waals surface area (Å²) in [4.78, 5) is 0. The van der Waals surface area contributed by atoms with E-state index in [0.29, 0.717) is 0 Å². The standard InChI is InChI=1S/C16H25N/c1-14-7-5-6-10-16(14)13-17-12-11-15-8-3-2-4-9-15/h5-7,10,15,17H,2-4,8-9,11-13H2,1H3. The van der Waals surface area contributed by atoms with Gasteiger partial charge >= 0.3 is 0 Å². The highest BCUT2D eigenvalue weighted by Gasteiger charge is 2.12. The van der Waals surface area contributed by atoms with Crippen molar-refractivity contribution in [3.05, 3.63) is 35.4 Å². The highest BCUT2D eigenvalue weighted by Crippen LogP contribution is 2.25. The van der Waals surface area contributed by atoms with Crippen LogP contribution in [-0.2, 0) is 6.54 Å². The van der Waals surface area contributed by atoms with E-state index in [4.69, 9.17) is 0 Å². The van der Waals surface area contributed by atoms with Crippen LogP contribution in [0.1, 0.15) is 49.7 Å². The van der Waals surface area contributed by atoms with Crippen molar-refractivity contribution in [3.8, 4) is 0 Å². The fraction of sp³-hybridized carbons (Fsp3) is 0.625. The zero-order valence-corrected chi connectivity index (χ0v) is 11.0. The number of benzene rings is 1. The van der Waals surface area contributed by atoms with Gasteiger partial charge in [-0.1, -0.05) is 56.4 Å². The van der Waals surface area contributed by atoms with E-state index in [-0.39, 0.29) is 0 Å². The topological polar surface area (TPSA) is 12.0 Å². The molecule has 0 saturated heterocycles. The molecule has 0 spiro atoms. The van der Waals surface area contributed by atoms with E-state index in [1.54, 1.807) is 0 Å². The van der Waals surface area contributed by atoms with Crippen molar-refractivity contribution < 1.29 is 0 Å². The molecule has 0 unspecified atom stereocenters. The molecule has 1 aliphatic carbocycles. The van der Waals surface area contributed by atoms with Crippen LogP contribution in [0.3, 0.4) is 0 Å². The molecule has 94 valence electrons. The minimum Gasteiger partial charge on any atom is -0.313 e. The smallest absolute Gasteiger partial charge is 0.0208 e. The van der Waals surface area contributed by atoms with Gasteiger partial charge in [-0.15, -0.1) is 0 Å². The molecule has 1 saturated carbocycles. The van der Waals surface area contributed by atoms with Gasteiger partial charge < -0.3 is 5.32 Å². The third-order valence-electron chi connectivity index (χ3n) is 4.03. The van der Waals surface area contributed by atoms with Crippen LogP contribution >= 0.6 is 0 Å². The van der Waals surface area contributed by atoms with Crippen molar-refractivity contribution in [2.75, 3.05) is 6.54 Å². The van der Waals surface area contributed by atoms with Crippen LogP contribution < -0.4 is 5.32 Å². The molecule has 1 fully saturated rings. The first-order valence-electron chi connectivity index (χ1n) is 7.11. The second kappa shape index (κ2) is 6.80. The van der Waals surface area contributed by atoms with Crippen molar-refractivity contribution >= 4 is 0 Å². The molecule has 1 nitrogen and oxygen atoms in total. The Balaban J connectivity index is 1.64. The van der Waals surface area contributed by atoms with Gasteiger partial charge in [-0.25, -0.2) is 0 Å². The summed E-state index contributed by atoms with van der Waals surface area (Å²) in [6, 6.07) is 8.66. The first kappa shape index (κ1) is 12.6. The Labute approximate surface area is 106 Å². The van der Waals surface area contributed by atoms with E-state index >= 15 is 0 Å². The van der Waals surface area contributed by atoms with Crippen LogP contribution in [0.2, 0.25) is 0 Å². The van der Waals surface area contributed by atoms with Crippen LogP contribution in [0.5, 0.6) is 0 Å². The second-order valence-electron chi connectivity index (χ2n) is 5.40. The van der Waals surface area contributed by atoms with Gasteiger partial charge in [0.1, 0.15) is 0 Å². The number of aryl methyl sites for hydroxylation is 1. The molecule has 0 heterocycles. The Bertz CT molecular complexity index is 326. The molecule has 17 heavy (non-hydrogen) atoms. The second-order valence-corrected chi connectivity index (χ2v) is 5.40. The maximum absolute atomic E-state index is 3.59. The Hall–Kier alpha value is -0.820. The summed E-state index contributed by atoms with van der Waals surface area (Å²) < 4.78 is 0. The molecule has 1 N–H and O–H groups in total. The summed E-state index contributed by atoms with van der Waals surface area (Å²) in [6.45, 7) is 4.40. The SMILES string of the molecule is Cc1ccccc1CNCCC1CCCCC1. The largest absolute Gasteiger partial charge is 0.313 e. The molecular weight excluding hydrogens is 206 g/mol. The third-order valence-corrected chi connectivity index (χ3v) is 4.03. The van der Waals surface area contributed by atoms with Crippen LogP contribution in [0.25, 0.3) is 0 Å². The van der Waals surface area contributed by atoms with E-state index in [9.17, 15) is 0 Å². The molecule has 1 aromatic rings. The molecule has 0 atom stereocenters. The fourth-order valence-corrected chi connectivity index (χ4v) is 2.81. The molecule has 0 bridgehead atoms. The van der Waals surface area contributed by atoms with Crippen molar-refractivity contribution in [1.82, 2.24) is 5.32 Å². The summed E-state index contributed by atoms with van der Waals surface area (Å²) in [7, 11) is 0. The van der Waals surface area contributed by atoms with E-state index in [1.165, 1.54) is 56.2 Å². The number of rotatable bonds is 5. The first-order valence-corrected chi connectivity index (χ1v) is 7.11. The van der Waals surface area contributed by atoms with Crippen molar-refractivity contribution in [1.29, 1.82) is 0 Å². The Morgan fingerprint density at radius 1 is 1.12 bits per heavy atom. The molecule has 1 aliphatic rings. The van der Waals surface area contributed by atoms with Gasteiger partial charge in [0.15, 0.2) is 0 Å². The van der Waals surface area contributed by atoms with Gasteiger partial charge in [-0.05, 0) is 36.9 Å². The fourth-order valence-electron chi connectivity index (χ4n) is 2.81. The maximum Gasteiger partial charge on any atom is 0.0208 e.